The molecule has 1 saturated heterocycles. The first-order valence-electron chi connectivity index (χ1n) is 9.20. The molecular formula is C21H23N3O3. The number of hydrogen-bond acceptors (Lipinski definition) is 4. The first kappa shape index (κ1) is 17.4. The Kier molecular flexibility index (Phi) is 4.71. The summed E-state index contributed by atoms with van der Waals surface area (Å²) < 4.78 is 5.44. The van der Waals surface area contributed by atoms with Gasteiger partial charge in [-0.2, -0.15) is 0 Å². The van der Waals surface area contributed by atoms with Crippen molar-refractivity contribution in [1.29, 1.82) is 0 Å². The summed E-state index contributed by atoms with van der Waals surface area (Å²) in [5.74, 6) is 0.806. The summed E-state index contributed by atoms with van der Waals surface area (Å²) in [4.78, 5) is 30.9. The van der Waals surface area contributed by atoms with Crippen LogP contribution in [-0.2, 0) is 11.3 Å². The Hall–Kier alpha value is -3.02. The normalized spacial score (nSPS) is 16.5. The number of amides is 2. The van der Waals surface area contributed by atoms with Crippen LogP contribution in [0.15, 0.2) is 48.5 Å². The van der Waals surface area contributed by atoms with Crippen molar-refractivity contribution in [2.24, 2.45) is 0 Å². The predicted molar refractivity (Wildman–Crippen MR) is 103 cm³/mol. The first-order chi connectivity index (χ1) is 13.2. The summed E-state index contributed by atoms with van der Waals surface area (Å²) >= 11 is 0. The molecule has 4 rings (SSSR count). The van der Waals surface area contributed by atoms with Gasteiger partial charge in [-0.3, -0.25) is 9.59 Å². The maximum absolute atomic E-state index is 12.7. The van der Waals surface area contributed by atoms with E-state index in [4.69, 9.17) is 4.74 Å². The van der Waals surface area contributed by atoms with E-state index in [0.717, 1.165) is 30.1 Å². The van der Waals surface area contributed by atoms with Crippen LogP contribution < -0.4 is 9.64 Å². The van der Waals surface area contributed by atoms with E-state index >= 15 is 0 Å². The van der Waals surface area contributed by atoms with Crippen molar-refractivity contribution in [2.75, 3.05) is 44.7 Å². The molecule has 2 aliphatic heterocycles. The second kappa shape index (κ2) is 7.31. The van der Waals surface area contributed by atoms with E-state index in [-0.39, 0.29) is 18.4 Å². The highest BCUT2D eigenvalue weighted by atomic mass is 16.5. The van der Waals surface area contributed by atoms with E-state index < -0.39 is 0 Å². The van der Waals surface area contributed by atoms with Gasteiger partial charge in [0.25, 0.3) is 5.91 Å². The molecule has 140 valence electrons. The van der Waals surface area contributed by atoms with Crippen LogP contribution in [-0.4, -0.2) is 61.4 Å². The van der Waals surface area contributed by atoms with Gasteiger partial charge in [-0.1, -0.05) is 30.3 Å². The van der Waals surface area contributed by atoms with Crippen molar-refractivity contribution < 1.29 is 14.3 Å². The Morgan fingerprint density at radius 2 is 1.70 bits per heavy atom. The van der Waals surface area contributed by atoms with Crippen LogP contribution in [0.2, 0.25) is 0 Å². The van der Waals surface area contributed by atoms with Crippen molar-refractivity contribution in [3.8, 4) is 5.75 Å². The number of rotatable bonds is 4. The molecule has 1 fully saturated rings. The molecule has 0 N–H and O–H groups in total. The maximum Gasteiger partial charge on any atom is 0.254 e. The number of methoxy groups -OCH3 is 1. The lowest BCUT2D eigenvalue weighted by Crippen LogP contribution is -2.51. The van der Waals surface area contributed by atoms with Gasteiger partial charge in [0.15, 0.2) is 0 Å². The summed E-state index contributed by atoms with van der Waals surface area (Å²) in [7, 11) is 1.67. The lowest BCUT2D eigenvalue weighted by molar-refractivity contribution is -0.132. The molecule has 0 spiro atoms. The van der Waals surface area contributed by atoms with Gasteiger partial charge in [0, 0.05) is 38.3 Å². The van der Waals surface area contributed by atoms with Crippen LogP contribution in [0, 0.1) is 0 Å². The molecule has 6 nitrogen and oxygen atoms in total. The topological polar surface area (TPSA) is 53.1 Å². The molecule has 0 aromatic heterocycles. The Bertz CT molecular complexity index is 859. The molecule has 0 unspecified atom stereocenters. The summed E-state index contributed by atoms with van der Waals surface area (Å²) in [6.45, 7) is 3.45. The Morgan fingerprint density at radius 3 is 2.44 bits per heavy atom. The predicted octanol–water partition coefficient (Wildman–Crippen LogP) is 2.00. The summed E-state index contributed by atoms with van der Waals surface area (Å²) in [5, 5.41) is 0. The van der Waals surface area contributed by atoms with Crippen LogP contribution in [0.4, 0.5) is 5.69 Å². The van der Waals surface area contributed by atoms with Crippen molar-refractivity contribution >= 4 is 17.5 Å². The first-order valence-corrected chi connectivity index (χ1v) is 9.20. The number of para-hydroxylation sites is 2. The van der Waals surface area contributed by atoms with Gasteiger partial charge in [-0.05, 0) is 23.8 Å². The average Bonchev–Trinajstić information content (AvgIpc) is 3.03. The number of hydrogen-bond donors (Lipinski definition) is 0. The monoisotopic (exact) mass is 365 g/mol. The molecule has 2 amide bonds. The van der Waals surface area contributed by atoms with Crippen LogP contribution in [0.25, 0.3) is 0 Å². The highest BCUT2D eigenvalue weighted by molar-refractivity contribution is 6.00. The van der Waals surface area contributed by atoms with E-state index in [2.05, 4.69) is 4.90 Å². The van der Waals surface area contributed by atoms with Gasteiger partial charge in [-0.15, -0.1) is 0 Å². The molecule has 2 aromatic carbocycles. The highest BCUT2D eigenvalue weighted by Crippen LogP contribution is 2.28. The number of fused-ring (bicyclic) bond motifs is 1. The number of ether oxygens (including phenoxy) is 1. The third-order valence-electron chi connectivity index (χ3n) is 5.28. The van der Waals surface area contributed by atoms with Crippen LogP contribution in [0.1, 0.15) is 15.9 Å². The minimum absolute atomic E-state index is 0.0100. The molecular weight excluding hydrogens is 342 g/mol. The summed E-state index contributed by atoms with van der Waals surface area (Å²) in [5.41, 5.74) is 2.76. The van der Waals surface area contributed by atoms with Gasteiger partial charge in [0.1, 0.15) is 12.3 Å². The van der Waals surface area contributed by atoms with Crippen LogP contribution >= 0.6 is 0 Å². The van der Waals surface area contributed by atoms with Crippen molar-refractivity contribution in [3.63, 3.8) is 0 Å². The molecule has 2 aromatic rings. The van der Waals surface area contributed by atoms with Gasteiger partial charge in [-0.25, -0.2) is 0 Å². The zero-order valence-electron chi connectivity index (χ0n) is 15.4. The van der Waals surface area contributed by atoms with Crippen molar-refractivity contribution in [3.05, 3.63) is 59.7 Å². The Morgan fingerprint density at radius 1 is 1.00 bits per heavy atom. The SMILES string of the molecule is COc1ccccc1N1CCN(C(=O)CN2Cc3ccccc3C2=O)CC1. The molecule has 2 aliphatic rings. The third kappa shape index (κ3) is 3.35. The number of piperazine rings is 1. The van der Waals surface area contributed by atoms with Crippen molar-refractivity contribution in [2.45, 2.75) is 6.54 Å². The lowest BCUT2D eigenvalue weighted by atomic mass is 10.1. The second-order valence-corrected chi connectivity index (χ2v) is 6.86. The molecule has 27 heavy (non-hydrogen) atoms. The van der Waals surface area contributed by atoms with E-state index in [1.54, 1.807) is 12.0 Å². The fourth-order valence-corrected chi connectivity index (χ4v) is 3.79. The van der Waals surface area contributed by atoms with Gasteiger partial charge in [0.05, 0.1) is 12.8 Å². The third-order valence-corrected chi connectivity index (χ3v) is 5.28. The maximum atomic E-state index is 12.7. The number of nitrogens with zero attached hydrogens (tertiary/aromatic N) is 3. The van der Waals surface area contributed by atoms with Crippen molar-refractivity contribution in [1.82, 2.24) is 9.80 Å². The second-order valence-electron chi connectivity index (χ2n) is 6.86. The molecule has 0 saturated carbocycles. The summed E-state index contributed by atoms with van der Waals surface area (Å²) in [6.07, 6.45) is 0. The van der Waals surface area contributed by atoms with Gasteiger partial charge < -0.3 is 19.4 Å². The quantitative estimate of drug-likeness (QED) is 0.832. The fraction of sp³-hybridized carbons (Fsp3) is 0.333. The smallest absolute Gasteiger partial charge is 0.254 e. The molecule has 0 atom stereocenters. The molecule has 0 bridgehead atoms. The zero-order valence-corrected chi connectivity index (χ0v) is 15.4. The van der Waals surface area contributed by atoms with E-state index in [9.17, 15) is 9.59 Å². The largest absolute Gasteiger partial charge is 0.495 e. The van der Waals surface area contributed by atoms with Crippen LogP contribution in [0.5, 0.6) is 5.75 Å². The van der Waals surface area contributed by atoms with Gasteiger partial charge >= 0.3 is 0 Å². The zero-order chi connectivity index (χ0) is 18.8. The highest BCUT2D eigenvalue weighted by Gasteiger charge is 2.30. The Labute approximate surface area is 158 Å². The number of anilines is 1. The van der Waals surface area contributed by atoms with E-state index in [1.807, 2.05) is 53.4 Å². The standard InChI is InChI=1S/C21H23N3O3/c1-27-19-9-5-4-8-18(19)22-10-12-23(13-11-22)20(25)15-24-14-16-6-2-3-7-17(16)21(24)26/h2-9H,10-15H2,1H3. The fourth-order valence-electron chi connectivity index (χ4n) is 3.79. The van der Waals surface area contributed by atoms with E-state index in [1.165, 1.54) is 0 Å². The van der Waals surface area contributed by atoms with Gasteiger partial charge in [0.2, 0.25) is 5.91 Å². The average molecular weight is 365 g/mol. The number of carbonyl (C=O) groups excluding carboxylic acids is 2. The molecule has 0 radical (unpaired) electrons. The Balaban J connectivity index is 1.35. The minimum Gasteiger partial charge on any atom is -0.495 e. The molecule has 6 heteroatoms. The van der Waals surface area contributed by atoms with E-state index in [0.29, 0.717) is 25.2 Å². The number of carbonyl (C=O) groups is 2. The minimum atomic E-state index is -0.0494. The van der Waals surface area contributed by atoms with Crippen LogP contribution in [0.3, 0.4) is 0 Å². The lowest BCUT2D eigenvalue weighted by Gasteiger charge is -2.37. The molecule has 0 aliphatic carbocycles. The number of benzene rings is 2. The summed E-state index contributed by atoms with van der Waals surface area (Å²) in [6, 6.07) is 15.5. The molecule has 2 heterocycles.